The van der Waals surface area contributed by atoms with E-state index >= 15 is 0 Å². The maximum atomic E-state index is 12.4. The van der Waals surface area contributed by atoms with Gasteiger partial charge in [0, 0.05) is 31.3 Å². The first-order valence-corrected chi connectivity index (χ1v) is 11.1. The van der Waals surface area contributed by atoms with E-state index < -0.39 is 0 Å². The molecule has 2 aromatic carbocycles. The van der Waals surface area contributed by atoms with Crippen molar-refractivity contribution in [3.63, 3.8) is 0 Å². The number of aromatic nitrogens is 3. The molecule has 0 spiro atoms. The number of rotatable bonds is 8. The van der Waals surface area contributed by atoms with Crippen molar-refractivity contribution in [2.75, 3.05) is 16.4 Å². The van der Waals surface area contributed by atoms with E-state index in [2.05, 4.69) is 20.8 Å². The number of nitrogens with zero attached hydrogens (tertiary/aromatic N) is 3. The van der Waals surface area contributed by atoms with E-state index in [1.165, 1.54) is 11.8 Å². The minimum Gasteiger partial charge on any atom is -0.326 e. The third-order valence-corrected chi connectivity index (χ3v) is 5.94. The lowest BCUT2D eigenvalue weighted by molar-refractivity contribution is -0.116. The Bertz CT molecular complexity index is 1090. The lowest BCUT2D eigenvalue weighted by Crippen LogP contribution is -2.15. The number of anilines is 2. The Morgan fingerprint density at radius 2 is 1.65 bits per heavy atom. The van der Waals surface area contributed by atoms with Gasteiger partial charge in [-0.3, -0.25) is 9.59 Å². The van der Waals surface area contributed by atoms with Gasteiger partial charge in [-0.05, 0) is 49.6 Å². The third kappa shape index (κ3) is 6.18. The van der Waals surface area contributed by atoms with Gasteiger partial charge in [-0.15, -0.1) is 10.2 Å². The van der Waals surface area contributed by atoms with Crippen molar-refractivity contribution in [3.05, 3.63) is 65.0 Å². The highest BCUT2D eigenvalue weighted by Gasteiger charge is 2.14. The molecule has 31 heavy (non-hydrogen) atoms. The van der Waals surface area contributed by atoms with Crippen molar-refractivity contribution in [2.45, 2.75) is 38.8 Å². The van der Waals surface area contributed by atoms with Crippen molar-refractivity contribution in [3.8, 4) is 0 Å². The number of aryl methyl sites for hydroxylation is 4. The van der Waals surface area contributed by atoms with Crippen molar-refractivity contribution >= 4 is 35.0 Å². The van der Waals surface area contributed by atoms with Gasteiger partial charge in [0.15, 0.2) is 5.16 Å². The standard InChI is InChI=1S/C23H27N5O2S/c1-15-9-10-17(3)19(13-15)25-21(29)12-11-20-26-27-23(28(20)4)31-14-22(30)24-18-8-6-5-7-16(18)2/h5-10,13H,11-12,14H2,1-4H3,(H,24,30)(H,25,29). The van der Waals surface area contributed by atoms with Gasteiger partial charge in [0.2, 0.25) is 11.8 Å². The summed E-state index contributed by atoms with van der Waals surface area (Å²) in [5, 5.41) is 14.9. The molecule has 3 rings (SSSR count). The number of hydrogen-bond donors (Lipinski definition) is 2. The lowest BCUT2D eigenvalue weighted by Gasteiger charge is -2.09. The number of hydrogen-bond acceptors (Lipinski definition) is 5. The van der Waals surface area contributed by atoms with Gasteiger partial charge in [0.1, 0.15) is 5.82 Å². The summed E-state index contributed by atoms with van der Waals surface area (Å²) >= 11 is 1.32. The van der Waals surface area contributed by atoms with Crippen molar-refractivity contribution in [2.24, 2.45) is 7.05 Å². The Balaban J connectivity index is 1.50. The van der Waals surface area contributed by atoms with Crippen LogP contribution in [0.2, 0.25) is 0 Å². The zero-order chi connectivity index (χ0) is 22.4. The molecule has 0 aliphatic rings. The Morgan fingerprint density at radius 1 is 0.935 bits per heavy atom. The average Bonchev–Trinajstić information content (AvgIpc) is 3.09. The average molecular weight is 438 g/mol. The second-order valence-electron chi connectivity index (χ2n) is 7.48. The maximum Gasteiger partial charge on any atom is 0.234 e. The van der Waals surface area contributed by atoms with Crippen molar-refractivity contribution in [1.82, 2.24) is 14.8 Å². The van der Waals surface area contributed by atoms with Crippen LogP contribution in [0.4, 0.5) is 11.4 Å². The molecule has 0 radical (unpaired) electrons. The van der Waals surface area contributed by atoms with Gasteiger partial charge < -0.3 is 15.2 Å². The van der Waals surface area contributed by atoms with E-state index in [1.807, 2.05) is 74.9 Å². The lowest BCUT2D eigenvalue weighted by atomic mass is 10.1. The number of nitrogens with one attached hydrogen (secondary N) is 2. The molecule has 8 heteroatoms. The van der Waals surface area contributed by atoms with Crippen LogP contribution >= 0.6 is 11.8 Å². The molecule has 0 bridgehead atoms. The fourth-order valence-electron chi connectivity index (χ4n) is 3.03. The molecule has 0 saturated heterocycles. The van der Waals surface area contributed by atoms with Gasteiger partial charge >= 0.3 is 0 Å². The van der Waals surface area contributed by atoms with Crippen LogP contribution in [0.3, 0.4) is 0 Å². The van der Waals surface area contributed by atoms with Crippen LogP contribution in [-0.2, 0) is 23.1 Å². The Labute approximate surface area is 186 Å². The third-order valence-electron chi connectivity index (χ3n) is 4.92. The molecule has 0 unspecified atom stereocenters. The highest BCUT2D eigenvalue weighted by Crippen LogP contribution is 2.19. The van der Waals surface area contributed by atoms with Crippen LogP contribution in [0.1, 0.15) is 28.9 Å². The van der Waals surface area contributed by atoms with Gasteiger partial charge in [-0.1, -0.05) is 42.1 Å². The molecule has 0 saturated carbocycles. The highest BCUT2D eigenvalue weighted by molar-refractivity contribution is 7.99. The van der Waals surface area contributed by atoms with Gasteiger partial charge in [-0.2, -0.15) is 0 Å². The van der Waals surface area contributed by atoms with Crippen LogP contribution < -0.4 is 10.6 Å². The van der Waals surface area contributed by atoms with E-state index in [1.54, 1.807) is 0 Å². The van der Waals surface area contributed by atoms with Crippen LogP contribution in [0, 0.1) is 20.8 Å². The summed E-state index contributed by atoms with van der Waals surface area (Å²) < 4.78 is 1.83. The normalized spacial score (nSPS) is 10.7. The number of thioether (sulfide) groups is 1. The number of para-hydroxylation sites is 1. The second kappa shape index (κ2) is 10.3. The largest absolute Gasteiger partial charge is 0.326 e. The van der Waals surface area contributed by atoms with Crippen molar-refractivity contribution < 1.29 is 9.59 Å². The minimum atomic E-state index is -0.100. The molecule has 0 fully saturated rings. The summed E-state index contributed by atoms with van der Waals surface area (Å²) in [6.07, 6.45) is 0.772. The summed E-state index contributed by atoms with van der Waals surface area (Å²) in [5.41, 5.74) is 4.78. The molecule has 0 atom stereocenters. The fourth-order valence-corrected chi connectivity index (χ4v) is 3.76. The first-order valence-electron chi connectivity index (χ1n) is 10.1. The van der Waals surface area contributed by atoms with Gasteiger partial charge in [-0.25, -0.2) is 0 Å². The topological polar surface area (TPSA) is 88.9 Å². The molecule has 2 amide bonds. The quantitative estimate of drug-likeness (QED) is 0.519. The number of benzene rings is 2. The van der Waals surface area contributed by atoms with Crippen molar-refractivity contribution in [1.29, 1.82) is 0 Å². The summed E-state index contributed by atoms with van der Waals surface area (Å²) in [6.45, 7) is 5.92. The van der Waals surface area contributed by atoms with E-state index in [0.29, 0.717) is 23.8 Å². The molecule has 2 N–H and O–H groups in total. The van der Waals surface area contributed by atoms with Gasteiger partial charge in [0.25, 0.3) is 0 Å². The highest BCUT2D eigenvalue weighted by atomic mass is 32.2. The summed E-state index contributed by atoms with van der Waals surface area (Å²) in [4.78, 5) is 24.6. The minimum absolute atomic E-state index is 0.0662. The number of carbonyl (C=O) groups is 2. The fraction of sp³-hybridized carbons (Fsp3) is 0.304. The van der Waals surface area contributed by atoms with Crippen LogP contribution in [0.5, 0.6) is 0 Å². The van der Waals surface area contributed by atoms with E-state index in [9.17, 15) is 9.59 Å². The zero-order valence-electron chi connectivity index (χ0n) is 18.2. The van der Waals surface area contributed by atoms with E-state index in [-0.39, 0.29) is 17.6 Å². The smallest absolute Gasteiger partial charge is 0.234 e. The van der Waals surface area contributed by atoms with Gasteiger partial charge in [0.05, 0.1) is 5.75 Å². The Hall–Kier alpha value is -3.13. The molecule has 1 aromatic heterocycles. The molecule has 3 aromatic rings. The van der Waals surface area contributed by atoms with Crippen LogP contribution in [0.15, 0.2) is 47.6 Å². The number of amides is 2. The second-order valence-corrected chi connectivity index (χ2v) is 8.42. The van der Waals surface area contributed by atoms with Crippen LogP contribution in [0.25, 0.3) is 0 Å². The molecule has 1 heterocycles. The zero-order valence-corrected chi connectivity index (χ0v) is 19.0. The molecule has 0 aliphatic carbocycles. The maximum absolute atomic E-state index is 12.4. The summed E-state index contributed by atoms with van der Waals surface area (Å²) in [5.74, 6) is 0.770. The molecule has 162 valence electrons. The van der Waals surface area contributed by atoms with E-state index in [4.69, 9.17) is 0 Å². The first kappa shape index (κ1) is 22.6. The predicted octanol–water partition coefficient (Wildman–Crippen LogP) is 4.04. The predicted molar refractivity (Wildman–Crippen MR) is 124 cm³/mol. The molecule has 7 nitrogen and oxygen atoms in total. The van der Waals surface area contributed by atoms with E-state index in [0.717, 1.165) is 28.1 Å². The molecule has 0 aliphatic heterocycles. The van der Waals surface area contributed by atoms with Crippen LogP contribution in [-0.4, -0.2) is 32.3 Å². The Morgan fingerprint density at radius 3 is 2.42 bits per heavy atom. The summed E-state index contributed by atoms with van der Waals surface area (Å²) in [7, 11) is 1.85. The SMILES string of the molecule is Cc1ccc(C)c(NC(=O)CCc2nnc(SCC(=O)Nc3ccccc3C)n2C)c1. The first-order chi connectivity index (χ1) is 14.8. The molecular weight excluding hydrogens is 410 g/mol. The Kier molecular flexibility index (Phi) is 7.46. The number of carbonyl (C=O) groups excluding carboxylic acids is 2. The summed E-state index contributed by atoms with van der Waals surface area (Å²) in [6, 6.07) is 13.6. The monoisotopic (exact) mass is 437 g/mol. The molecular formula is C23H27N5O2S.